The molecule has 0 aromatic carbocycles. The second-order valence-electron chi connectivity index (χ2n) is 7.48. The van der Waals surface area contributed by atoms with E-state index in [0.717, 1.165) is 0 Å². The maximum atomic E-state index is 12.5. The van der Waals surface area contributed by atoms with Gasteiger partial charge in [0.05, 0.1) is 18.1 Å². The van der Waals surface area contributed by atoms with E-state index in [2.05, 4.69) is 12.2 Å². The van der Waals surface area contributed by atoms with E-state index in [1.807, 2.05) is 13.8 Å². The van der Waals surface area contributed by atoms with Crippen molar-refractivity contribution in [2.45, 2.75) is 51.6 Å². The van der Waals surface area contributed by atoms with Crippen LogP contribution >= 0.6 is 0 Å². The third kappa shape index (κ3) is 2.89. The van der Waals surface area contributed by atoms with Crippen molar-refractivity contribution in [1.29, 1.82) is 0 Å². The Bertz CT molecular complexity index is 572. The molecule has 0 aromatic rings. The van der Waals surface area contributed by atoms with Crippen LogP contribution in [-0.2, 0) is 28.5 Å². The van der Waals surface area contributed by atoms with Crippen molar-refractivity contribution in [3.63, 3.8) is 0 Å². The summed E-state index contributed by atoms with van der Waals surface area (Å²) in [5.41, 5.74) is 0. The number of fused-ring (bicyclic) bond motifs is 9. The van der Waals surface area contributed by atoms with Crippen LogP contribution in [0.25, 0.3) is 0 Å². The van der Waals surface area contributed by atoms with Crippen LogP contribution in [0.2, 0.25) is 0 Å². The van der Waals surface area contributed by atoms with Crippen LogP contribution in [0.4, 0.5) is 0 Å². The highest BCUT2D eigenvalue weighted by molar-refractivity contribution is 5.78. The highest BCUT2D eigenvalue weighted by Gasteiger charge is 2.64. The molecule has 8 atom stereocenters. The van der Waals surface area contributed by atoms with Crippen LogP contribution in [-0.4, -0.2) is 43.7 Å². The molecule has 2 aliphatic carbocycles. The van der Waals surface area contributed by atoms with Crippen LogP contribution in [0.3, 0.4) is 0 Å². The minimum Gasteiger partial charge on any atom is -0.453 e. The Morgan fingerprint density at radius 1 is 1.16 bits per heavy atom. The Labute approximate surface area is 147 Å². The lowest BCUT2D eigenvalue weighted by atomic mass is 9.69. The van der Waals surface area contributed by atoms with Crippen LogP contribution in [0.15, 0.2) is 12.2 Å². The number of ether oxygens (including phenoxy) is 4. The molecule has 0 aromatic heterocycles. The molecule has 4 rings (SSSR count). The van der Waals surface area contributed by atoms with Gasteiger partial charge in [-0.1, -0.05) is 19.1 Å². The third-order valence-corrected chi connectivity index (χ3v) is 6.19. The standard InChI is InChI=1S/C19H26O6/c1-3-15(22-4-2)25-14(20)9-23-19(21)12-8-13-16-10-5-6-11(7-10)17(16)18(12)24-13/h5-6,10-13,15-18H,3-4,7-9H2,1-2H3. The van der Waals surface area contributed by atoms with Gasteiger partial charge in [-0.15, -0.1) is 0 Å². The quantitative estimate of drug-likeness (QED) is 0.398. The zero-order chi connectivity index (χ0) is 17.6. The first-order valence-corrected chi connectivity index (χ1v) is 9.43. The second-order valence-corrected chi connectivity index (χ2v) is 7.48. The van der Waals surface area contributed by atoms with E-state index >= 15 is 0 Å². The van der Waals surface area contributed by atoms with Crippen LogP contribution in [0, 0.1) is 29.6 Å². The molecule has 6 heteroatoms. The molecule has 138 valence electrons. The molecule has 0 radical (unpaired) electrons. The number of hydrogen-bond donors (Lipinski definition) is 0. The number of carbonyl (C=O) groups excluding carboxylic acids is 2. The fraction of sp³-hybridized carbons (Fsp3) is 0.789. The predicted octanol–water partition coefficient (Wildman–Crippen LogP) is 2.07. The van der Waals surface area contributed by atoms with Crippen molar-refractivity contribution in [3.8, 4) is 0 Å². The summed E-state index contributed by atoms with van der Waals surface area (Å²) in [4.78, 5) is 24.3. The van der Waals surface area contributed by atoms with Crippen LogP contribution in [0.1, 0.15) is 33.1 Å². The topological polar surface area (TPSA) is 71.1 Å². The molecule has 2 aliphatic heterocycles. The second kappa shape index (κ2) is 6.72. The average Bonchev–Trinajstić information content (AvgIpc) is 3.37. The molecule has 2 heterocycles. The molecule has 0 N–H and O–H groups in total. The first kappa shape index (κ1) is 17.0. The van der Waals surface area contributed by atoms with Gasteiger partial charge in [-0.25, -0.2) is 4.79 Å². The van der Waals surface area contributed by atoms with Gasteiger partial charge in [-0.3, -0.25) is 4.79 Å². The number of hydrogen-bond acceptors (Lipinski definition) is 6. The molecule has 2 saturated heterocycles. The Balaban J connectivity index is 1.28. The third-order valence-electron chi connectivity index (χ3n) is 6.19. The molecule has 0 spiro atoms. The lowest BCUT2D eigenvalue weighted by molar-refractivity contribution is -0.186. The molecule has 25 heavy (non-hydrogen) atoms. The molecule has 3 fully saturated rings. The lowest BCUT2D eigenvalue weighted by Gasteiger charge is -2.32. The fourth-order valence-corrected chi connectivity index (χ4v) is 5.30. The number of esters is 2. The minimum absolute atomic E-state index is 0.0507. The molecular formula is C19H26O6. The van der Waals surface area contributed by atoms with E-state index in [1.165, 1.54) is 6.42 Å². The Hall–Kier alpha value is -1.40. The first-order valence-electron chi connectivity index (χ1n) is 9.43. The van der Waals surface area contributed by atoms with Crippen molar-refractivity contribution in [2.24, 2.45) is 29.6 Å². The number of carbonyl (C=O) groups is 2. The summed E-state index contributed by atoms with van der Waals surface area (Å²) >= 11 is 0. The molecule has 8 unspecified atom stereocenters. The summed E-state index contributed by atoms with van der Waals surface area (Å²) in [7, 11) is 0. The van der Waals surface area contributed by atoms with Gasteiger partial charge in [0.2, 0.25) is 6.29 Å². The summed E-state index contributed by atoms with van der Waals surface area (Å²) < 4.78 is 21.7. The van der Waals surface area contributed by atoms with Gasteiger partial charge >= 0.3 is 11.9 Å². The summed E-state index contributed by atoms with van der Waals surface area (Å²) in [6.45, 7) is 3.81. The molecule has 0 amide bonds. The highest BCUT2D eigenvalue weighted by atomic mass is 16.7. The summed E-state index contributed by atoms with van der Waals surface area (Å²) in [5, 5.41) is 0. The lowest BCUT2D eigenvalue weighted by Crippen LogP contribution is -2.40. The fourth-order valence-electron chi connectivity index (χ4n) is 5.30. The van der Waals surface area contributed by atoms with E-state index in [-0.39, 0.29) is 30.7 Å². The summed E-state index contributed by atoms with van der Waals surface area (Å²) in [6.07, 6.45) is 6.63. The smallest absolute Gasteiger partial charge is 0.346 e. The highest BCUT2D eigenvalue weighted by Crippen LogP contribution is 2.61. The van der Waals surface area contributed by atoms with Gasteiger partial charge < -0.3 is 18.9 Å². The van der Waals surface area contributed by atoms with Crippen LogP contribution < -0.4 is 0 Å². The van der Waals surface area contributed by atoms with Gasteiger partial charge in [0.1, 0.15) is 0 Å². The van der Waals surface area contributed by atoms with E-state index in [1.54, 1.807) is 0 Å². The van der Waals surface area contributed by atoms with E-state index in [4.69, 9.17) is 18.9 Å². The van der Waals surface area contributed by atoms with Gasteiger partial charge in [0.15, 0.2) is 6.61 Å². The maximum absolute atomic E-state index is 12.5. The van der Waals surface area contributed by atoms with Crippen molar-refractivity contribution < 1.29 is 28.5 Å². The van der Waals surface area contributed by atoms with Gasteiger partial charge in [0, 0.05) is 13.0 Å². The largest absolute Gasteiger partial charge is 0.453 e. The van der Waals surface area contributed by atoms with Gasteiger partial charge in [0.25, 0.3) is 0 Å². The van der Waals surface area contributed by atoms with Crippen molar-refractivity contribution in [2.75, 3.05) is 13.2 Å². The van der Waals surface area contributed by atoms with Crippen molar-refractivity contribution in [1.82, 2.24) is 0 Å². The summed E-state index contributed by atoms with van der Waals surface area (Å²) in [6, 6.07) is 0. The van der Waals surface area contributed by atoms with Crippen LogP contribution in [0.5, 0.6) is 0 Å². The zero-order valence-corrected chi connectivity index (χ0v) is 14.8. The molecular weight excluding hydrogens is 324 g/mol. The first-order chi connectivity index (χ1) is 12.1. The van der Waals surface area contributed by atoms with E-state index in [9.17, 15) is 9.59 Å². The average molecular weight is 350 g/mol. The van der Waals surface area contributed by atoms with Crippen molar-refractivity contribution >= 4 is 11.9 Å². The Morgan fingerprint density at radius 2 is 1.92 bits per heavy atom. The van der Waals surface area contributed by atoms with E-state index < -0.39 is 12.3 Å². The monoisotopic (exact) mass is 350 g/mol. The van der Waals surface area contributed by atoms with Gasteiger partial charge in [-0.2, -0.15) is 0 Å². The SMILES string of the molecule is CCOC(CC)OC(=O)COC(=O)C1CC2OC1C1C3C=CC(C3)C21. The normalized spacial score (nSPS) is 41.0. The maximum Gasteiger partial charge on any atom is 0.346 e. The molecule has 4 aliphatic rings. The number of allylic oxidation sites excluding steroid dienone is 2. The molecule has 6 nitrogen and oxygen atoms in total. The van der Waals surface area contributed by atoms with Crippen molar-refractivity contribution in [3.05, 3.63) is 12.2 Å². The Kier molecular flexibility index (Phi) is 4.58. The van der Waals surface area contributed by atoms with E-state index in [0.29, 0.717) is 43.1 Å². The molecule has 1 saturated carbocycles. The summed E-state index contributed by atoms with van der Waals surface area (Å²) in [5.74, 6) is 1.04. The van der Waals surface area contributed by atoms with Gasteiger partial charge in [-0.05, 0) is 43.4 Å². The predicted molar refractivity (Wildman–Crippen MR) is 87.2 cm³/mol. The molecule has 4 bridgehead atoms. The Morgan fingerprint density at radius 3 is 2.64 bits per heavy atom. The number of rotatable bonds is 7. The zero-order valence-electron chi connectivity index (χ0n) is 14.8. The minimum atomic E-state index is -0.580.